The summed E-state index contributed by atoms with van der Waals surface area (Å²) in [5.41, 5.74) is 0. The minimum Gasteiger partial charge on any atom is -0.468 e. The fourth-order valence-corrected chi connectivity index (χ4v) is 2.67. The van der Waals surface area contributed by atoms with Crippen LogP contribution in [-0.4, -0.2) is 18.5 Å². The molecule has 1 fully saturated rings. The van der Waals surface area contributed by atoms with Gasteiger partial charge in [-0.3, -0.25) is 10.1 Å². The van der Waals surface area contributed by atoms with Crippen LogP contribution in [0.1, 0.15) is 51.3 Å². The number of rotatable bonds is 5. The smallest absolute Gasteiger partial charge is 0.234 e. The first-order chi connectivity index (χ1) is 9.16. The van der Waals surface area contributed by atoms with Gasteiger partial charge in [0.15, 0.2) is 0 Å². The molecule has 106 valence electrons. The van der Waals surface area contributed by atoms with Gasteiger partial charge >= 0.3 is 0 Å². The number of hydrogen-bond donors (Lipinski definition) is 2. The second-order valence-corrected chi connectivity index (χ2v) is 5.55. The normalized spacial score (nSPS) is 24.9. The van der Waals surface area contributed by atoms with Gasteiger partial charge in [0.1, 0.15) is 5.76 Å². The Labute approximate surface area is 114 Å². The summed E-state index contributed by atoms with van der Waals surface area (Å²) in [5, 5.41) is 6.32. The van der Waals surface area contributed by atoms with Crippen LogP contribution in [0, 0.1) is 5.92 Å². The topological polar surface area (TPSA) is 54.3 Å². The van der Waals surface area contributed by atoms with Crippen molar-refractivity contribution in [1.29, 1.82) is 0 Å². The van der Waals surface area contributed by atoms with E-state index in [1.807, 2.05) is 19.1 Å². The molecule has 1 aliphatic carbocycles. The third-order valence-electron chi connectivity index (χ3n) is 4.00. The van der Waals surface area contributed by atoms with Crippen molar-refractivity contribution in [2.24, 2.45) is 5.92 Å². The molecule has 0 bridgehead atoms. The summed E-state index contributed by atoms with van der Waals surface area (Å²) in [6.45, 7) is 4.56. The maximum atomic E-state index is 11.9. The maximum absolute atomic E-state index is 11.9. The quantitative estimate of drug-likeness (QED) is 0.859. The number of furan rings is 1. The van der Waals surface area contributed by atoms with Gasteiger partial charge in [-0.15, -0.1) is 0 Å². The highest BCUT2D eigenvalue weighted by atomic mass is 16.3. The van der Waals surface area contributed by atoms with Crippen molar-refractivity contribution in [2.75, 3.05) is 6.54 Å². The minimum atomic E-state index is 0.0597. The lowest BCUT2D eigenvalue weighted by molar-refractivity contribution is -0.121. The molecule has 2 N–H and O–H groups in total. The molecule has 0 spiro atoms. The summed E-state index contributed by atoms with van der Waals surface area (Å²) in [7, 11) is 0. The molecule has 1 amide bonds. The molecule has 1 aromatic rings. The van der Waals surface area contributed by atoms with Gasteiger partial charge in [-0.1, -0.05) is 19.8 Å². The van der Waals surface area contributed by atoms with Gasteiger partial charge in [0.25, 0.3) is 0 Å². The van der Waals surface area contributed by atoms with Crippen LogP contribution in [-0.2, 0) is 4.79 Å². The van der Waals surface area contributed by atoms with Gasteiger partial charge < -0.3 is 9.73 Å². The average Bonchev–Trinajstić information content (AvgIpc) is 2.93. The number of hydrogen-bond acceptors (Lipinski definition) is 3. The third kappa shape index (κ3) is 4.10. The molecule has 4 nitrogen and oxygen atoms in total. The molecular formula is C15H24N2O2. The van der Waals surface area contributed by atoms with Crippen LogP contribution in [0.3, 0.4) is 0 Å². The predicted molar refractivity (Wildman–Crippen MR) is 74.7 cm³/mol. The van der Waals surface area contributed by atoms with Crippen molar-refractivity contribution in [3.8, 4) is 0 Å². The van der Waals surface area contributed by atoms with E-state index in [0.717, 1.165) is 12.2 Å². The van der Waals surface area contributed by atoms with Crippen LogP contribution in [0.4, 0.5) is 0 Å². The van der Waals surface area contributed by atoms with Crippen LogP contribution in [0.2, 0.25) is 0 Å². The summed E-state index contributed by atoms with van der Waals surface area (Å²) >= 11 is 0. The van der Waals surface area contributed by atoms with E-state index in [0.29, 0.717) is 18.5 Å². The summed E-state index contributed by atoms with van der Waals surface area (Å²) < 4.78 is 5.30. The number of carbonyl (C=O) groups is 1. The Morgan fingerprint density at radius 2 is 2.26 bits per heavy atom. The Morgan fingerprint density at radius 1 is 1.47 bits per heavy atom. The Morgan fingerprint density at radius 3 is 2.95 bits per heavy atom. The fraction of sp³-hybridized carbons (Fsp3) is 0.667. The van der Waals surface area contributed by atoms with Crippen LogP contribution in [0.25, 0.3) is 0 Å². The van der Waals surface area contributed by atoms with Gasteiger partial charge in [-0.05, 0) is 37.8 Å². The van der Waals surface area contributed by atoms with Crippen LogP contribution in [0.5, 0.6) is 0 Å². The Kier molecular flexibility index (Phi) is 5.02. The van der Waals surface area contributed by atoms with Gasteiger partial charge in [-0.25, -0.2) is 0 Å². The Hall–Kier alpha value is -1.29. The zero-order chi connectivity index (χ0) is 13.7. The summed E-state index contributed by atoms with van der Waals surface area (Å²) in [6.07, 6.45) is 6.51. The molecule has 2 rings (SSSR count). The van der Waals surface area contributed by atoms with Crippen LogP contribution < -0.4 is 10.6 Å². The highest BCUT2D eigenvalue weighted by molar-refractivity contribution is 5.78. The van der Waals surface area contributed by atoms with Crippen molar-refractivity contribution in [3.05, 3.63) is 24.2 Å². The average molecular weight is 264 g/mol. The molecule has 1 heterocycles. The molecular weight excluding hydrogens is 240 g/mol. The van der Waals surface area contributed by atoms with Crippen LogP contribution >= 0.6 is 0 Å². The standard InChI is InChI=1S/C15H24N2O2/c1-11-6-3-4-7-13(11)17-15(18)10-16-12(2)14-8-5-9-19-14/h5,8-9,11-13,16H,3-4,6-7,10H2,1-2H3,(H,17,18)/t11-,12+,13-/m1/s1. The van der Waals surface area contributed by atoms with Gasteiger partial charge in [0, 0.05) is 6.04 Å². The molecule has 0 aliphatic heterocycles. The minimum absolute atomic E-state index is 0.0597. The molecule has 1 saturated carbocycles. The second kappa shape index (κ2) is 6.75. The number of carbonyl (C=O) groups excluding carboxylic acids is 1. The van der Waals surface area contributed by atoms with Crippen LogP contribution in [0.15, 0.2) is 22.8 Å². The maximum Gasteiger partial charge on any atom is 0.234 e. The zero-order valence-corrected chi connectivity index (χ0v) is 11.8. The number of nitrogens with one attached hydrogen (secondary N) is 2. The fourth-order valence-electron chi connectivity index (χ4n) is 2.67. The molecule has 3 atom stereocenters. The Bertz CT molecular complexity index is 389. The number of amides is 1. The molecule has 0 saturated heterocycles. The lowest BCUT2D eigenvalue weighted by Crippen LogP contribution is -2.45. The van der Waals surface area contributed by atoms with E-state index in [1.54, 1.807) is 6.26 Å². The third-order valence-corrected chi connectivity index (χ3v) is 4.00. The first-order valence-corrected chi connectivity index (χ1v) is 7.23. The van der Waals surface area contributed by atoms with E-state index in [2.05, 4.69) is 17.6 Å². The predicted octanol–water partition coefficient (Wildman–Crippen LogP) is 2.63. The lowest BCUT2D eigenvalue weighted by Gasteiger charge is -2.29. The van der Waals surface area contributed by atoms with E-state index >= 15 is 0 Å². The first kappa shape index (κ1) is 14.1. The highest BCUT2D eigenvalue weighted by Gasteiger charge is 2.22. The van der Waals surface area contributed by atoms with E-state index in [1.165, 1.54) is 19.3 Å². The highest BCUT2D eigenvalue weighted by Crippen LogP contribution is 2.23. The SMILES string of the molecule is C[C@H](NCC(=O)N[C@@H]1CCCC[C@H]1C)c1ccco1. The van der Waals surface area contributed by atoms with E-state index < -0.39 is 0 Å². The molecule has 0 aromatic carbocycles. The summed E-state index contributed by atoms with van der Waals surface area (Å²) in [6, 6.07) is 4.18. The zero-order valence-electron chi connectivity index (χ0n) is 11.8. The molecule has 0 radical (unpaired) electrons. The van der Waals surface area contributed by atoms with Gasteiger partial charge in [0.05, 0.1) is 18.8 Å². The van der Waals surface area contributed by atoms with Gasteiger partial charge in [-0.2, -0.15) is 0 Å². The summed E-state index contributed by atoms with van der Waals surface area (Å²) in [4.78, 5) is 11.9. The van der Waals surface area contributed by atoms with Crippen molar-refractivity contribution in [2.45, 2.75) is 51.6 Å². The second-order valence-electron chi connectivity index (χ2n) is 5.55. The van der Waals surface area contributed by atoms with E-state index in [9.17, 15) is 4.79 Å². The van der Waals surface area contributed by atoms with Crippen molar-refractivity contribution in [1.82, 2.24) is 10.6 Å². The molecule has 0 unspecified atom stereocenters. The van der Waals surface area contributed by atoms with Crippen molar-refractivity contribution < 1.29 is 9.21 Å². The lowest BCUT2D eigenvalue weighted by atomic mass is 9.86. The first-order valence-electron chi connectivity index (χ1n) is 7.23. The molecule has 1 aliphatic rings. The van der Waals surface area contributed by atoms with Gasteiger partial charge in [0.2, 0.25) is 5.91 Å². The largest absolute Gasteiger partial charge is 0.468 e. The van der Waals surface area contributed by atoms with E-state index in [-0.39, 0.29) is 11.9 Å². The van der Waals surface area contributed by atoms with Crippen molar-refractivity contribution >= 4 is 5.91 Å². The Balaban J connectivity index is 1.72. The molecule has 1 aromatic heterocycles. The van der Waals surface area contributed by atoms with Crippen molar-refractivity contribution in [3.63, 3.8) is 0 Å². The summed E-state index contributed by atoms with van der Waals surface area (Å²) in [5.74, 6) is 1.54. The molecule has 4 heteroatoms. The van der Waals surface area contributed by atoms with E-state index in [4.69, 9.17) is 4.42 Å². The monoisotopic (exact) mass is 264 g/mol. The molecule has 19 heavy (non-hydrogen) atoms.